The number of sulfonamides is 1. The maximum absolute atomic E-state index is 12.7. The third kappa shape index (κ3) is 4.31. The van der Waals surface area contributed by atoms with Crippen molar-refractivity contribution in [1.82, 2.24) is 14.5 Å². The molecule has 2 aliphatic heterocycles. The molecule has 1 aromatic rings. The van der Waals surface area contributed by atoms with E-state index in [1.54, 1.807) is 4.90 Å². The molecule has 2 heterocycles. The second-order valence-corrected chi connectivity index (χ2v) is 8.49. The monoisotopic (exact) mass is 367 g/mol. The molecule has 2 saturated heterocycles. The van der Waals surface area contributed by atoms with Crippen LogP contribution >= 0.6 is 0 Å². The van der Waals surface area contributed by atoms with Crippen LogP contribution in [0.15, 0.2) is 30.3 Å². The third-order valence-electron chi connectivity index (χ3n) is 4.81. The predicted octanol–water partition coefficient (Wildman–Crippen LogP) is 1.19. The fourth-order valence-electron chi connectivity index (χ4n) is 3.55. The van der Waals surface area contributed by atoms with E-state index in [2.05, 4.69) is 5.32 Å². The number of morpholine rings is 1. The number of urea groups is 1. The van der Waals surface area contributed by atoms with Crippen LogP contribution in [0.3, 0.4) is 0 Å². The van der Waals surface area contributed by atoms with Crippen molar-refractivity contribution >= 4 is 16.1 Å². The molecule has 2 aliphatic rings. The summed E-state index contributed by atoms with van der Waals surface area (Å²) < 4.78 is 30.7. The Balaban J connectivity index is 1.63. The number of rotatable bonds is 4. The Kier molecular flexibility index (Phi) is 5.61. The number of amides is 2. The number of carbonyl (C=O) groups excluding carboxylic acids is 1. The summed E-state index contributed by atoms with van der Waals surface area (Å²) in [5, 5.41) is 2.92. The van der Waals surface area contributed by atoms with Crippen molar-refractivity contribution in [3.05, 3.63) is 35.9 Å². The first-order chi connectivity index (χ1) is 12.0. The van der Waals surface area contributed by atoms with Crippen LogP contribution in [0.25, 0.3) is 0 Å². The summed E-state index contributed by atoms with van der Waals surface area (Å²) >= 11 is 0. The zero-order valence-electron chi connectivity index (χ0n) is 14.4. The highest BCUT2D eigenvalue weighted by Gasteiger charge is 2.33. The lowest BCUT2D eigenvalue weighted by Gasteiger charge is -2.36. The molecule has 1 N–H and O–H groups in total. The summed E-state index contributed by atoms with van der Waals surface area (Å²) in [4.78, 5) is 14.5. The van der Waals surface area contributed by atoms with Crippen molar-refractivity contribution in [3.63, 3.8) is 0 Å². The Morgan fingerprint density at radius 1 is 1.28 bits per heavy atom. The summed E-state index contributed by atoms with van der Waals surface area (Å²) in [6, 6.07) is 9.36. The van der Waals surface area contributed by atoms with Gasteiger partial charge in [-0.15, -0.1) is 0 Å². The number of benzene rings is 1. The minimum absolute atomic E-state index is 0.121. The van der Waals surface area contributed by atoms with E-state index in [9.17, 15) is 13.2 Å². The number of nitrogens with zero attached hydrogens (tertiary/aromatic N) is 2. The molecule has 0 radical (unpaired) electrons. The molecule has 138 valence electrons. The van der Waals surface area contributed by atoms with Crippen LogP contribution < -0.4 is 5.32 Å². The third-order valence-corrected chi connectivity index (χ3v) is 6.14. The van der Waals surface area contributed by atoms with Gasteiger partial charge in [0.25, 0.3) is 0 Å². The minimum atomic E-state index is -3.23. The van der Waals surface area contributed by atoms with Gasteiger partial charge in [0.2, 0.25) is 10.0 Å². The minimum Gasteiger partial charge on any atom is -0.377 e. The van der Waals surface area contributed by atoms with Crippen molar-refractivity contribution in [2.45, 2.75) is 24.9 Å². The quantitative estimate of drug-likeness (QED) is 0.867. The number of hydrogen-bond acceptors (Lipinski definition) is 4. The Hall–Kier alpha value is -1.64. The van der Waals surface area contributed by atoms with E-state index >= 15 is 0 Å². The van der Waals surface area contributed by atoms with E-state index in [0.717, 1.165) is 18.4 Å². The highest BCUT2D eigenvalue weighted by Crippen LogP contribution is 2.24. The topological polar surface area (TPSA) is 79.0 Å². The molecular weight excluding hydrogens is 342 g/mol. The molecule has 0 saturated carbocycles. The van der Waals surface area contributed by atoms with Crippen molar-refractivity contribution in [2.75, 3.05) is 39.1 Å². The number of nitrogens with one attached hydrogen (secondary N) is 1. The van der Waals surface area contributed by atoms with E-state index in [0.29, 0.717) is 32.8 Å². The largest absolute Gasteiger partial charge is 0.377 e. The smallest absolute Gasteiger partial charge is 0.318 e. The van der Waals surface area contributed by atoms with E-state index in [1.807, 2.05) is 30.3 Å². The van der Waals surface area contributed by atoms with Crippen molar-refractivity contribution in [2.24, 2.45) is 0 Å². The van der Waals surface area contributed by atoms with Gasteiger partial charge in [-0.1, -0.05) is 30.3 Å². The molecule has 0 aromatic heterocycles. The average molecular weight is 367 g/mol. The maximum atomic E-state index is 12.7. The molecular formula is C17H25N3O4S. The lowest BCUT2D eigenvalue weighted by Crippen LogP contribution is -2.51. The molecule has 0 aliphatic carbocycles. The molecule has 7 nitrogen and oxygen atoms in total. The second kappa shape index (κ2) is 7.72. The summed E-state index contributed by atoms with van der Waals surface area (Å²) in [7, 11) is -3.23. The van der Waals surface area contributed by atoms with Crippen molar-refractivity contribution in [1.29, 1.82) is 0 Å². The Labute approximate surface area is 149 Å². The van der Waals surface area contributed by atoms with Crippen LogP contribution in [-0.2, 0) is 14.8 Å². The molecule has 2 amide bonds. The lowest BCUT2D eigenvalue weighted by molar-refractivity contribution is 0.0115. The summed E-state index contributed by atoms with van der Waals surface area (Å²) in [5.41, 5.74) is 1.04. The fraction of sp³-hybridized carbons (Fsp3) is 0.588. The van der Waals surface area contributed by atoms with Crippen molar-refractivity contribution < 1.29 is 17.9 Å². The van der Waals surface area contributed by atoms with Gasteiger partial charge < -0.3 is 15.0 Å². The molecule has 2 fully saturated rings. The van der Waals surface area contributed by atoms with Crippen LogP contribution in [0.1, 0.15) is 24.4 Å². The molecule has 0 bridgehead atoms. The first-order valence-corrected chi connectivity index (χ1v) is 10.5. The first kappa shape index (κ1) is 18.2. The molecule has 3 rings (SSSR count). The number of hydrogen-bond donors (Lipinski definition) is 1. The number of carbonyl (C=O) groups is 1. The standard InChI is InChI=1S/C17H25N3O4S/c1-25(22,23)20-9-5-8-15(20)12-18-17(21)19-10-11-24-13-16(19)14-6-3-2-4-7-14/h2-4,6-7,15-16H,5,8-13H2,1H3,(H,18,21)/t15-,16?/m1/s1. The molecule has 8 heteroatoms. The van der Waals surface area contributed by atoms with Crippen LogP contribution in [-0.4, -0.2) is 68.8 Å². The Morgan fingerprint density at radius 2 is 2.04 bits per heavy atom. The van der Waals surface area contributed by atoms with Crippen LogP contribution in [0.4, 0.5) is 4.79 Å². The summed E-state index contributed by atoms with van der Waals surface area (Å²) in [6.07, 6.45) is 2.83. The Bertz CT molecular complexity index is 695. The average Bonchev–Trinajstić information content (AvgIpc) is 3.09. The van der Waals surface area contributed by atoms with E-state index in [1.165, 1.54) is 10.6 Å². The van der Waals surface area contributed by atoms with Gasteiger partial charge in [0, 0.05) is 25.7 Å². The van der Waals surface area contributed by atoms with Crippen molar-refractivity contribution in [3.8, 4) is 0 Å². The van der Waals surface area contributed by atoms with Gasteiger partial charge in [0.05, 0.1) is 25.5 Å². The number of ether oxygens (including phenoxy) is 1. The molecule has 1 aromatic carbocycles. The predicted molar refractivity (Wildman–Crippen MR) is 94.7 cm³/mol. The zero-order valence-corrected chi connectivity index (χ0v) is 15.2. The molecule has 0 spiro atoms. The second-order valence-electron chi connectivity index (χ2n) is 6.55. The van der Waals surface area contributed by atoms with Gasteiger partial charge in [-0.05, 0) is 18.4 Å². The SMILES string of the molecule is CS(=O)(=O)N1CCC[C@@H]1CNC(=O)N1CCOCC1c1ccccc1. The lowest BCUT2D eigenvalue weighted by atomic mass is 10.1. The van der Waals surface area contributed by atoms with Gasteiger partial charge >= 0.3 is 6.03 Å². The van der Waals surface area contributed by atoms with Gasteiger partial charge in [0.1, 0.15) is 0 Å². The van der Waals surface area contributed by atoms with Gasteiger partial charge in [0.15, 0.2) is 0 Å². The molecule has 1 unspecified atom stereocenters. The normalized spacial score (nSPS) is 25.1. The summed E-state index contributed by atoms with van der Waals surface area (Å²) in [5.74, 6) is 0. The van der Waals surface area contributed by atoms with Crippen LogP contribution in [0.5, 0.6) is 0 Å². The van der Waals surface area contributed by atoms with E-state index < -0.39 is 10.0 Å². The highest BCUT2D eigenvalue weighted by atomic mass is 32.2. The van der Waals surface area contributed by atoms with Crippen LogP contribution in [0.2, 0.25) is 0 Å². The maximum Gasteiger partial charge on any atom is 0.318 e. The fourth-order valence-corrected chi connectivity index (χ4v) is 4.74. The van der Waals surface area contributed by atoms with E-state index in [4.69, 9.17) is 4.74 Å². The highest BCUT2D eigenvalue weighted by molar-refractivity contribution is 7.88. The first-order valence-electron chi connectivity index (χ1n) is 8.61. The van der Waals surface area contributed by atoms with Gasteiger partial charge in [-0.3, -0.25) is 0 Å². The van der Waals surface area contributed by atoms with E-state index in [-0.39, 0.29) is 18.1 Å². The van der Waals surface area contributed by atoms with Gasteiger partial charge in [-0.2, -0.15) is 4.31 Å². The zero-order chi connectivity index (χ0) is 17.9. The van der Waals surface area contributed by atoms with Crippen LogP contribution in [0, 0.1) is 0 Å². The van der Waals surface area contributed by atoms with Gasteiger partial charge in [-0.25, -0.2) is 13.2 Å². The molecule has 2 atom stereocenters. The Morgan fingerprint density at radius 3 is 2.76 bits per heavy atom. The molecule has 25 heavy (non-hydrogen) atoms. The summed E-state index contributed by atoms with van der Waals surface area (Å²) in [6.45, 7) is 2.37.